The molecule has 8 heteroatoms. The van der Waals surface area contributed by atoms with Gasteiger partial charge in [-0.1, -0.05) is 52.7 Å². The Morgan fingerprint density at radius 3 is 2.52 bits per heavy atom. The van der Waals surface area contributed by atoms with Crippen LogP contribution in [-0.4, -0.2) is 38.0 Å². The summed E-state index contributed by atoms with van der Waals surface area (Å²) in [5.41, 5.74) is 2.24. The van der Waals surface area contributed by atoms with Crippen LogP contribution in [0.3, 0.4) is 0 Å². The van der Waals surface area contributed by atoms with Gasteiger partial charge in [0, 0.05) is 34.8 Å². The second-order valence-electron chi connectivity index (χ2n) is 8.56. The van der Waals surface area contributed by atoms with E-state index in [1.165, 1.54) is 12.8 Å². The number of halogens is 2. The Balaban J connectivity index is 1.57. The van der Waals surface area contributed by atoms with E-state index >= 15 is 0 Å². The van der Waals surface area contributed by atoms with Gasteiger partial charge in [0.15, 0.2) is 5.82 Å². The van der Waals surface area contributed by atoms with Gasteiger partial charge in [-0.2, -0.15) is 5.21 Å². The summed E-state index contributed by atoms with van der Waals surface area (Å²) in [4.78, 5) is 15.8. The van der Waals surface area contributed by atoms with Crippen molar-refractivity contribution in [3.05, 3.63) is 75.5 Å². The SMILES string of the molecule is O=C1[C@H](Cc2nn[nH]n2)C[C@H](c2cccc(Cl)c2)[C@@H](c2ccc(Cl)cc2)N1CC1CC1. The lowest BCUT2D eigenvalue weighted by atomic mass is 9.74. The molecule has 1 aromatic heterocycles. The highest BCUT2D eigenvalue weighted by molar-refractivity contribution is 6.30. The third-order valence-electron chi connectivity index (χ3n) is 6.35. The number of aromatic nitrogens is 4. The summed E-state index contributed by atoms with van der Waals surface area (Å²) in [6.07, 6.45) is 3.52. The van der Waals surface area contributed by atoms with E-state index in [0.29, 0.717) is 34.6 Å². The summed E-state index contributed by atoms with van der Waals surface area (Å²) in [6, 6.07) is 15.8. The maximum atomic E-state index is 13.7. The Kier molecular flexibility index (Phi) is 5.67. The lowest BCUT2D eigenvalue weighted by Gasteiger charge is -2.45. The van der Waals surface area contributed by atoms with Crippen molar-refractivity contribution in [1.82, 2.24) is 25.5 Å². The van der Waals surface area contributed by atoms with E-state index in [-0.39, 0.29) is 23.8 Å². The van der Waals surface area contributed by atoms with Crippen LogP contribution in [0.4, 0.5) is 0 Å². The number of H-pyrrole nitrogens is 1. The van der Waals surface area contributed by atoms with Crippen LogP contribution in [0.5, 0.6) is 0 Å². The summed E-state index contributed by atoms with van der Waals surface area (Å²) in [5.74, 6) is 1.20. The minimum absolute atomic E-state index is 0.0645. The number of nitrogens with zero attached hydrogens (tertiary/aromatic N) is 4. The number of amides is 1. The van der Waals surface area contributed by atoms with Gasteiger partial charge in [0.2, 0.25) is 5.91 Å². The molecule has 1 saturated heterocycles. The fourth-order valence-electron chi connectivity index (χ4n) is 4.70. The van der Waals surface area contributed by atoms with Gasteiger partial charge < -0.3 is 4.90 Å². The van der Waals surface area contributed by atoms with Crippen molar-refractivity contribution in [1.29, 1.82) is 0 Å². The lowest BCUT2D eigenvalue weighted by molar-refractivity contribution is -0.143. The fraction of sp³-hybridized carbons (Fsp3) is 0.391. The Hall–Kier alpha value is -2.44. The highest BCUT2D eigenvalue weighted by Crippen LogP contribution is 2.47. The van der Waals surface area contributed by atoms with E-state index in [1.54, 1.807) is 0 Å². The van der Waals surface area contributed by atoms with Crippen LogP contribution in [-0.2, 0) is 11.2 Å². The van der Waals surface area contributed by atoms with Crippen molar-refractivity contribution in [3.8, 4) is 0 Å². The number of tetrazole rings is 1. The average Bonchev–Trinajstić information content (AvgIpc) is 3.44. The second-order valence-corrected chi connectivity index (χ2v) is 9.43. The standard InChI is InChI=1S/C23H23Cl2N5O/c24-18-8-6-15(7-9-18)22-20(16-2-1-3-19(25)10-16)11-17(12-21-26-28-29-27-21)23(31)30(22)13-14-4-5-14/h1-3,6-10,14,17,20,22H,4-5,11-13H2,(H,26,27,28,29)/t17-,20+,22+/m0/s1. The van der Waals surface area contributed by atoms with Gasteiger partial charge in [0.25, 0.3) is 0 Å². The molecule has 1 amide bonds. The molecule has 31 heavy (non-hydrogen) atoms. The van der Waals surface area contributed by atoms with Crippen LogP contribution in [0.15, 0.2) is 48.5 Å². The molecule has 0 radical (unpaired) electrons. The zero-order valence-corrected chi connectivity index (χ0v) is 18.4. The van der Waals surface area contributed by atoms with Gasteiger partial charge in [-0.05, 0) is 60.6 Å². The monoisotopic (exact) mass is 455 g/mol. The molecule has 1 N–H and O–H groups in total. The molecule has 5 rings (SSSR count). The number of piperidine rings is 1. The molecule has 0 spiro atoms. The topological polar surface area (TPSA) is 74.8 Å². The van der Waals surface area contributed by atoms with E-state index in [2.05, 4.69) is 31.6 Å². The number of likely N-dealkylation sites (tertiary alicyclic amines) is 1. The van der Waals surface area contributed by atoms with Crippen molar-refractivity contribution < 1.29 is 4.79 Å². The van der Waals surface area contributed by atoms with Crippen LogP contribution < -0.4 is 0 Å². The molecule has 1 aliphatic heterocycles. The van der Waals surface area contributed by atoms with Crippen LogP contribution in [0.2, 0.25) is 10.0 Å². The van der Waals surface area contributed by atoms with Gasteiger partial charge in [-0.15, -0.1) is 10.2 Å². The molecule has 0 unspecified atom stereocenters. The molecule has 3 aromatic rings. The van der Waals surface area contributed by atoms with E-state index in [1.807, 2.05) is 42.5 Å². The quantitative estimate of drug-likeness (QED) is 0.577. The molecular weight excluding hydrogens is 433 g/mol. The van der Waals surface area contributed by atoms with Crippen LogP contribution in [0, 0.1) is 11.8 Å². The van der Waals surface area contributed by atoms with Crippen molar-refractivity contribution in [2.24, 2.45) is 11.8 Å². The number of carbonyl (C=O) groups excluding carboxylic acids is 1. The molecule has 2 aliphatic rings. The molecule has 6 nitrogen and oxygen atoms in total. The number of benzene rings is 2. The molecule has 2 fully saturated rings. The third kappa shape index (κ3) is 4.46. The summed E-state index contributed by atoms with van der Waals surface area (Å²) in [6.45, 7) is 0.770. The van der Waals surface area contributed by atoms with Crippen molar-refractivity contribution in [3.63, 3.8) is 0 Å². The summed E-state index contributed by atoms with van der Waals surface area (Å²) < 4.78 is 0. The molecule has 2 aromatic carbocycles. The van der Waals surface area contributed by atoms with Crippen molar-refractivity contribution >= 4 is 29.1 Å². The largest absolute Gasteiger partial charge is 0.335 e. The number of hydrogen-bond acceptors (Lipinski definition) is 4. The first-order valence-corrected chi connectivity index (χ1v) is 11.4. The highest BCUT2D eigenvalue weighted by atomic mass is 35.5. The van der Waals surface area contributed by atoms with E-state index in [4.69, 9.17) is 23.2 Å². The molecule has 1 aliphatic carbocycles. The molecule has 1 saturated carbocycles. The predicted octanol–water partition coefficient (Wildman–Crippen LogP) is 4.83. The Morgan fingerprint density at radius 2 is 1.84 bits per heavy atom. The minimum Gasteiger partial charge on any atom is -0.335 e. The van der Waals surface area contributed by atoms with Gasteiger partial charge in [-0.25, -0.2) is 0 Å². The van der Waals surface area contributed by atoms with Crippen LogP contribution in [0.1, 0.15) is 48.2 Å². The zero-order chi connectivity index (χ0) is 21.4. The van der Waals surface area contributed by atoms with Crippen LogP contribution >= 0.6 is 23.2 Å². The molecule has 160 valence electrons. The average molecular weight is 456 g/mol. The summed E-state index contributed by atoms with van der Waals surface area (Å²) >= 11 is 12.5. The predicted molar refractivity (Wildman–Crippen MR) is 119 cm³/mol. The number of nitrogens with one attached hydrogen (secondary N) is 1. The highest BCUT2D eigenvalue weighted by Gasteiger charge is 2.45. The zero-order valence-electron chi connectivity index (χ0n) is 16.9. The normalized spacial score (nSPS) is 23.9. The summed E-state index contributed by atoms with van der Waals surface area (Å²) in [7, 11) is 0. The van der Waals surface area contributed by atoms with Crippen LogP contribution in [0.25, 0.3) is 0 Å². The van der Waals surface area contributed by atoms with Crippen molar-refractivity contribution in [2.75, 3.05) is 6.54 Å². The molecular formula is C23H23Cl2N5O. The first-order chi connectivity index (χ1) is 15.1. The smallest absolute Gasteiger partial charge is 0.226 e. The number of aromatic amines is 1. The fourth-order valence-corrected chi connectivity index (χ4v) is 5.02. The minimum atomic E-state index is -0.205. The molecule has 2 heterocycles. The maximum Gasteiger partial charge on any atom is 0.226 e. The molecule has 0 bridgehead atoms. The van der Waals surface area contributed by atoms with Crippen molar-refractivity contribution in [2.45, 2.75) is 37.6 Å². The second kappa shape index (κ2) is 8.60. The van der Waals surface area contributed by atoms with Gasteiger partial charge in [-0.3, -0.25) is 4.79 Å². The Bertz CT molecular complexity index is 1050. The van der Waals surface area contributed by atoms with Gasteiger partial charge in [0.1, 0.15) is 0 Å². The summed E-state index contributed by atoms with van der Waals surface area (Å²) in [5, 5.41) is 15.7. The van der Waals surface area contributed by atoms with E-state index in [9.17, 15) is 4.79 Å². The first kappa shape index (κ1) is 20.5. The maximum absolute atomic E-state index is 13.7. The number of hydrogen-bond donors (Lipinski definition) is 1. The molecule has 3 atom stereocenters. The Labute approximate surface area is 190 Å². The lowest BCUT2D eigenvalue weighted by Crippen LogP contribution is -2.48. The Morgan fingerprint density at radius 1 is 1.03 bits per heavy atom. The van der Waals surface area contributed by atoms with Gasteiger partial charge >= 0.3 is 0 Å². The third-order valence-corrected chi connectivity index (χ3v) is 6.83. The van der Waals surface area contributed by atoms with E-state index in [0.717, 1.165) is 17.7 Å². The first-order valence-electron chi connectivity index (χ1n) is 10.6. The number of carbonyl (C=O) groups is 1. The van der Waals surface area contributed by atoms with Gasteiger partial charge in [0.05, 0.1) is 6.04 Å². The number of rotatable bonds is 6. The van der Waals surface area contributed by atoms with E-state index < -0.39 is 0 Å².